The lowest BCUT2D eigenvalue weighted by Crippen LogP contribution is -2.15. The zero-order valence-corrected chi connectivity index (χ0v) is 14.7. The Labute approximate surface area is 158 Å². The van der Waals surface area contributed by atoms with Crippen LogP contribution in [0, 0.1) is 5.82 Å². The average molecular weight is 382 g/mol. The van der Waals surface area contributed by atoms with Crippen molar-refractivity contribution in [2.24, 2.45) is 0 Å². The van der Waals surface area contributed by atoms with E-state index in [1.54, 1.807) is 53.4 Å². The molecule has 0 aliphatic rings. The molecule has 0 atom stereocenters. The van der Waals surface area contributed by atoms with E-state index in [0.29, 0.717) is 27.7 Å². The molecule has 27 heavy (non-hydrogen) atoms. The van der Waals surface area contributed by atoms with Gasteiger partial charge in [-0.1, -0.05) is 23.7 Å². The maximum atomic E-state index is 13.0. The van der Waals surface area contributed by atoms with Gasteiger partial charge in [-0.2, -0.15) is 0 Å². The van der Waals surface area contributed by atoms with E-state index in [9.17, 15) is 9.18 Å². The molecule has 8 heteroatoms. The minimum absolute atomic E-state index is 0.0971. The summed E-state index contributed by atoms with van der Waals surface area (Å²) in [6, 6.07) is 11.0. The number of fused-ring (bicyclic) bond motifs is 1. The molecule has 1 aromatic carbocycles. The third-order valence-corrected chi connectivity index (χ3v) is 4.17. The number of hydrogen-bond donors (Lipinski definition) is 1. The third-order valence-electron chi connectivity index (χ3n) is 3.95. The van der Waals surface area contributed by atoms with Gasteiger partial charge in [-0.15, -0.1) is 5.10 Å². The van der Waals surface area contributed by atoms with Crippen molar-refractivity contribution in [1.29, 1.82) is 0 Å². The fraction of sp³-hybridized carbons (Fsp3) is 0.0526. The smallest absolute Gasteiger partial charge is 0.230 e. The Morgan fingerprint density at radius 3 is 2.70 bits per heavy atom. The standard InChI is InChI=1S/C19H13ClFN5O/c20-15-7-4-13(11-23-15)17-18(25-26-9-1-8-22-19(17)26)24-16(27)10-12-2-5-14(21)6-3-12/h1-9,11H,10H2,(H,24,25,27). The topological polar surface area (TPSA) is 72.2 Å². The van der Waals surface area contributed by atoms with E-state index in [-0.39, 0.29) is 18.1 Å². The molecule has 0 aliphatic carbocycles. The Morgan fingerprint density at radius 1 is 1.15 bits per heavy atom. The lowest BCUT2D eigenvalue weighted by molar-refractivity contribution is -0.115. The van der Waals surface area contributed by atoms with E-state index >= 15 is 0 Å². The summed E-state index contributed by atoms with van der Waals surface area (Å²) in [6.07, 6.45) is 5.09. The molecule has 3 heterocycles. The molecule has 0 spiro atoms. The predicted molar refractivity (Wildman–Crippen MR) is 100.0 cm³/mol. The minimum Gasteiger partial charge on any atom is -0.308 e. The van der Waals surface area contributed by atoms with Crippen LogP contribution in [-0.4, -0.2) is 25.5 Å². The van der Waals surface area contributed by atoms with Gasteiger partial charge in [0.15, 0.2) is 11.5 Å². The quantitative estimate of drug-likeness (QED) is 0.546. The Kier molecular flexibility index (Phi) is 4.52. The molecule has 0 unspecified atom stereocenters. The molecule has 134 valence electrons. The molecule has 0 fully saturated rings. The number of carbonyl (C=O) groups excluding carboxylic acids is 1. The second-order valence-electron chi connectivity index (χ2n) is 5.83. The lowest BCUT2D eigenvalue weighted by Gasteiger charge is -2.06. The van der Waals surface area contributed by atoms with Crippen molar-refractivity contribution >= 4 is 29.0 Å². The van der Waals surface area contributed by atoms with Crippen molar-refractivity contribution in [1.82, 2.24) is 19.6 Å². The number of halogens is 2. The first-order valence-electron chi connectivity index (χ1n) is 8.10. The first-order chi connectivity index (χ1) is 13.1. The Bertz CT molecular complexity index is 1110. The van der Waals surface area contributed by atoms with Gasteiger partial charge < -0.3 is 5.32 Å². The molecule has 0 radical (unpaired) electrons. The van der Waals surface area contributed by atoms with Gasteiger partial charge in [0, 0.05) is 24.2 Å². The van der Waals surface area contributed by atoms with Crippen molar-refractivity contribution in [3.8, 4) is 11.1 Å². The molecule has 1 N–H and O–H groups in total. The van der Waals surface area contributed by atoms with Crippen LogP contribution in [0.3, 0.4) is 0 Å². The first kappa shape index (κ1) is 17.1. The predicted octanol–water partition coefficient (Wildman–Crippen LogP) is 3.77. The molecule has 0 bridgehead atoms. The van der Waals surface area contributed by atoms with E-state index in [1.165, 1.54) is 12.1 Å². The Morgan fingerprint density at radius 2 is 1.96 bits per heavy atom. The van der Waals surface area contributed by atoms with E-state index in [0.717, 1.165) is 5.56 Å². The Balaban J connectivity index is 1.68. The lowest BCUT2D eigenvalue weighted by atomic mass is 10.1. The van der Waals surface area contributed by atoms with Gasteiger partial charge in [-0.05, 0) is 35.9 Å². The van der Waals surface area contributed by atoms with E-state index in [4.69, 9.17) is 11.6 Å². The molecular formula is C19H13ClFN5O. The molecule has 0 saturated carbocycles. The average Bonchev–Trinajstić information content (AvgIpc) is 3.02. The summed E-state index contributed by atoms with van der Waals surface area (Å²) in [4.78, 5) is 20.9. The van der Waals surface area contributed by atoms with Crippen LogP contribution in [-0.2, 0) is 11.2 Å². The zero-order chi connectivity index (χ0) is 18.8. The number of carbonyl (C=O) groups is 1. The summed E-state index contributed by atoms with van der Waals surface area (Å²) >= 11 is 5.87. The largest absolute Gasteiger partial charge is 0.308 e. The van der Waals surface area contributed by atoms with Crippen LogP contribution in [0.4, 0.5) is 10.2 Å². The molecule has 6 nitrogen and oxygen atoms in total. The first-order valence-corrected chi connectivity index (χ1v) is 8.47. The fourth-order valence-electron chi connectivity index (χ4n) is 2.73. The number of rotatable bonds is 4. The number of nitrogens with zero attached hydrogens (tertiary/aromatic N) is 4. The van der Waals surface area contributed by atoms with Crippen molar-refractivity contribution in [2.45, 2.75) is 6.42 Å². The van der Waals surface area contributed by atoms with Gasteiger partial charge in [0.2, 0.25) is 5.91 Å². The van der Waals surface area contributed by atoms with Crippen LogP contribution in [0.2, 0.25) is 5.15 Å². The van der Waals surface area contributed by atoms with E-state index in [2.05, 4.69) is 20.4 Å². The summed E-state index contributed by atoms with van der Waals surface area (Å²) < 4.78 is 14.6. The number of hydrogen-bond acceptors (Lipinski definition) is 4. The van der Waals surface area contributed by atoms with Crippen molar-refractivity contribution in [3.63, 3.8) is 0 Å². The van der Waals surface area contributed by atoms with Gasteiger partial charge in [-0.3, -0.25) is 4.79 Å². The second kappa shape index (κ2) is 7.13. The molecule has 0 saturated heterocycles. The number of aromatic nitrogens is 4. The van der Waals surface area contributed by atoms with Crippen molar-refractivity contribution in [2.75, 3.05) is 5.32 Å². The molecule has 0 aliphatic heterocycles. The maximum Gasteiger partial charge on any atom is 0.230 e. The fourth-order valence-corrected chi connectivity index (χ4v) is 2.84. The highest BCUT2D eigenvalue weighted by Gasteiger charge is 2.18. The van der Waals surface area contributed by atoms with Crippen LogP contribution >= 0.6 is 11.6 Å². The van der Waals surface area contributed by atoms with Gasteiger partial charge in [0.25, 0.3) is 0 Å². The molecule has 3 aromatic heterocycles. The summed E-state index contributed by atoms with van der Waals surface area (Å²) in [5.41, 5.74) is 2.65. The van der Waals surface area contributed by atoms with Gasteiger partial charge >= 0.3 is 0 Å². The maximum absolute atomic E-state index is 13.0. The van der Waals surface area contributed by atoms with Crippen LogP contribution in [0.1, 0.15) is 5.56 Å². The third kappa shape index (κ3) is 3.63. The summed E-state index contributed by atoms with van der Waals surface area (Å²) in [7, 11) is 0. The molecule has 4 rings (SSSR count). The SMILES string of the molecule is O=C(Cc1ccc(F)cc1)Nc1nn2cccnc2c1-c1ccc(Cl)nc1. The highest BCUT2D eigenvalue weighted by Crippen LogP contribution is 2.31. The van der Waals surface area contributed by atoms with E-state index in [1.807, 2.05) is 0 Å². The van der Waals surface area contributed by atoms with Crippen molar-refractivity contribution < 1.29 is 9.18 Å². The summed E-state index contributed by atoms with van der Waals surface area (Å²) in [6.45, 7) is 0. The zero-order valence-electron chi connectivity index (χ0n) is 13.9. The van der Waals surface area contributed by atoms with Crippen LogP contribution in [0.25, 0.3) is 16.8 Å². The summed E-state index contributed by atoms with van der Waals surface area (Å²) in [5, 5.41) is 7.59. The number of anilines is 1. The molecule has 1 amide bonds. The van der Waals surface area contributed by atoms with Gasteiger partial charge in [0.05, 0.1) is 12.0 Å². The van der Waals surface area contributed by atoms with Crippen molar-refractivity contribution in [3.05, 3.63) is 77.6 Å². The summed E-state index contributed by atoms with van der Waals surface area (Å²) in [5.74, 6) is -0.249. The van der Waals surface area contributed by atoms with Crippen LogP contribution < -0.4 is 5.32 Å². The highest BCUT2D eigenvalue weighted by atomic mass is 35.5. The number of benzene rings is 1. The van der Waals surface area contributed by atoms with E-state index < -0.39 is 0 Å². The Hall–Kier alpha value is -3.32. The number of amides is 1. The van der Waals surface area contributed by atoms with Crippen LogP contribution in [0.5, 0.6) is 0 Å². The molecule has 4 aromatic rings. The second-order valence-corrected chi connectivity index (χ2v) is 6.22. The normalized spacial score (nSPS) is 10.9. The van der Waals surface area contributed by atoms with Gasteiger partial charge in [0.1, 0.15) is 11.0 Å². The number of pyridine rings is 1. The minimum atomic E-state index is -0.344. The molecular weight excluding hydrogens is 369 g/mol. The number of nitrogens with one attached hydrogen (secondary N) is 1. The van der Waals surface area contributed by atoms with Crippen LogP contribution in [0.15, 0.2) is 61.1 Å². The monoisotopic (exact) mass is 381 g/mol. The highest BCUT2D eigenvalue weighted by molar-refractivity contribution is 6.29. The van der Waals surface area contributed by atoms with Gasteiger partial charge in [-0.25, -0.2) is 18.9 Å².